The second-order valence-electron chi connectivity index (χ2n) is 1.78. The number of hydrogen-bond donors (Lipinski definition) is 1. The number of allylic oxidation sites excluding steroid dienone is 4. The molecular weight excluding hydrogens is 124 g/mol. The Bertz CT molecular complexity index is 216. The van der Waals surface area contributed by atoms with Crippen LogP contribution in [0.25, 0.3) is 0 Å². The first-order chi connectivity index (χ1) is 4.70. The maximum Gasteiger partial charge on any atom is 0.0986 e. The molecule has 0 amide bonds. The zero-order chi connectivity index (χ0) is 7.98. The third-order valence-corrected chi connectivity index (χ3v) is 0.844. The quantitative estimate of drug-likeness (QED) is 0.459. The molecule has 0 unspecified atom stereocenters. The second kappa shape index (κ2) is 4.39. The van der Waals surface area contributed by atoms with E-state index in [4.69, 9.17) is 11.0 Å². The minimum Gasteiger partial charge on any atom is -0.399 e. The summed E-state index contributed by atoms with van der Waals surface area (Å²) in [6.45, 7) is 5.30. The van der Waals surface area contributed by atoms with Crippen LogP contribution in [0.15, 0.2) is 36.1 Å². The van der Waals surface area contributed by atoms with Crippen molar-refractivity contribution in [2.75, 3.05) is 0 Å². The highest BCUT2D eigenvalue weighted by atomic mass is 14.5. The molecule has 0 aliphatic heterocycles. The van der Waals surface area contributed by atoms with Gasteiger partial charge in [-0.1, -0.05) is 12.7 Å². The molecule has 2 nitrogen and oxygen atoms in total. The molecular formula is C8H10N2. The molecule has 2 N–H and O–H groups in total. The van der Waals surface area contributed by atoms with Gasteiger partial charge in [0.2, 0.25) is 0 Å². The Hall–Kier alpha value is -1.49. The molecule has 0 atom stereocenters. The molecule has 0 aromatic carbocycles. The Morgan fingerprint density at radius 1 is 1.70 bits per heavy atom. The van der Waals surface area contributed by atoms with Crippen molar-refractivity contribution in [3.8, 4) is 6.07 Å². The maximum absolute atomic E-state index is 8.28. The largest absolute Gasteiger partial charge is 0.399 e. The maximum atomic E-state index is 8.28. The Morgan fingerprint density at radius 2 is 2.30 bits per heavy atom. The van der Waals surface area contributed by atoms with Crippen molar-refractivity contribution in [1.82, 2.24) is 0 Å². The molecule has 0 rings (SSSR count). The SMILES string of the molecule is C=C(C#N)/C=C(N)\C=C/C. The standard InChI is InChI=1S/C8H10N2/c1-3-4-8(10)5-7(2)6-9/h3-5H,2,10H2,1H3/b4-3-,8-5+. The lowest BCUT2D eigenvalue weighted by molar-refractivity contribution is 1.39. The fourth-order valence-corrected chi connectivity index (χ4v) is 0.474. The molecule has 0 aromatic heterocycles. The average Bonchev–Trinajstić information content (AvgIpc) is 1.88. The van der Waals surface area contributed by atoms with E-state index in [0.717, 1.165) is 0 Å². The minimum atomic E-state index is 0.371. The molecule has 0 aliphatic rings. The zero-order valence-electron chi connectivity index (χ0n) is 5.96. The van der Waals surface area contributed by atoms with Crippen molar-refractivity contribution in [2.45, 2.75) is 6.92 Å². The van der Waals surface area contributed by atoms with E-state index in [1.54, 1.807) is 12.2 Å². The van der Waals surface area contributed by atoms with Crippen molar-refractivity contribution in [2.24, 2.45) is 5.73 Å². The molecule has 2 heteroatoms. The molecule has 0 fully saturated rings. The Balaban J connectivity index is 4.20. The highest BCUT2D eigenvalue weighted by Gasteiger charge is 1.84. The van der Waals surface area contributed by atoms with Gasteiger partial charge in [0.15, 0.2) is 0 Å². The highest BCUT2D eigenvalue weighted by molar-refractivity contribution is 5.34. The summed E-state index contributed by atoms with van der Waals surface area (Å²) in [5.41, 5.74) is 6.34. The topological polar surface area (TPSA) is 49.8 Å². The van der Waals surface area contributed by atoms with Crippen LogP contribution in [-0.2, 0) is 0 Å². The van der Waals surface area contributed by atoms with Crippen LogP contribution in [0.2, 0.25) is 0 Å². The van der Waals surface area contributed by atoms with Crippen molar-refractivity contribution in [1.29, 1.82) is 5.26 Å². The van der Waals surface area contributed by atoms with Gasteiger partial charge in [0.25, 0.3) is 0 Å². The van der Waals surface area contributed by atoms with Gasteiger partial charge in [0.05, 0.1) is 6.07 Å². The van der Waals surface area contributed by atoms with E-state index in [1.807, 2.05) is 13.0 Å². The second-order valence-corrected chi connectivity index (χ2v) is 1.78. The van der Waals surface area contributed by atoms with Crippen molar-refractivity contribution in [3.05, 3.63) is 36.1 Å². The Labute approximate surface area is 61.0 Å². The monoisotopic (exact) mass is 134 g/mol. The van der Waals surface area contributed by atoms with Crippen LogP contribution >= 0.6 is 0 Å². The summed E-state index contributed by atoms with van der Waals surface area (Å²) in [5, 5.41) is 8.28. The molecule has 0 aliphatic carbocycles. The first-order valence-electron chi connectivity index (χ1n) is 2.89. The number of nitriles is 1. The lowest BCUT2D eigenvalue weighted by Gasteiger charge is -1.88. The van der Waals surface area contributed by atoms with Crippen LogP contribution in [0.1, 0.15) is 6.92 Å². The van der Waals surface area contributed by atoms with Crippen molar-refractivity contribution >= 4 is 0 Å². The molecule has 0 radical (unpaired) electrons. The van der Waals surface area contributed by atoms with Crippen molar-refractivity contribution < 1.29 is 0 Å². The van der Waals surface area contributed by atoms with Crippen LogP contribution in [0.5, 0.6) is 0 Å². The fraction of sp³-hybridized carbons (Fsp3) is 0.125. The van der Waals surface area contributed by atoms with Crippen LogP contribution in [0.3, 0.4) is 0 Å². The summed E-state index contributed by atoms with van der Waals surface area (Å²) in [7, 11) is 0. The van der Waals surface area contributed by atoms with Gasteiger partial charge in [-0.05, 0) is 19.1 Å². The van der Waals surface area contributed by atoms with Gasteiger partial charge >= 0.3 is 0 Å². The van der Waals surface area contributed by atoms with Crippen LogP contribution in [0.4, 0.5) is 0 Å². The van der Waals surface area contributed by atoms with Gasteiger partial charge in [-0.2, -0.15) is 5.26 Å². The Kier molecular flexibility index (Phi) is 3.74. The first kappa shape index (κ1) is 8.51. The molecule has 0 spiro atoms. The number of rotatable bonds is 2. The van der Waals surface area contributed by atoms with E-state index in [2.05, 4.69) is 6.58 Å². The molecule has 0 saturated carbocycles. The normalized spacial score (nSPS) is 11.4. The molecule has 0 bridgehead atoms. The number of hydrogen-bond acceptors (Lipinski definition) is 2. The van der Waals surface area contributed by atoms with E-state index >= 15 is 0 Å². The summed E-state index contributed by atoms with van der Waals surface area (Å²) >= 11 is 0. The zero-order valence-corrected chi connectivity index (χ0v) is 5.96. The summed E-state index contributed by atoms with van der Waals surface area (Å²) in [4.78, 5) is 0. The average molecular weight is 134 g/mol. The summed E-state index contributed by atoms with van der Waals surface area (Å²) in [6.07, 6.45) is 5.04. The molecule has 10 heavy (non-hydrogen) atoms. The van der Waals surface area contributed by atoms with Gasteiger partial charge in [-0.15, -0.1) is 0 Å². The third-order valence-electron chi connectivity index (χ3n) is 0.844. The summed E-state index contributed by atoms with van der Waals surface area (Å²) < 4.78 is 0. The molecule has 0 saturated heterocycles. The van der Waals surface area contributed by atoms with E-state index in [-0.39, 0.29) is 0 Å². The van der Waals surface area contributed by atoms with Gasteiger partial charge in [0, 0.05) is 11.3 Å². The van der Waals surface area contributed by atoms with Gasteiger partial charge < -0.3 is 5.73 Å². The number of nitrogens with zero attached hydrogens (tertiary/aromatic N) is 1. The van der Waals surface area contributed by atoms with Gasteiger partial charge in [-0.3, -0.25) is 0 Å². The lowest BCUT2D eigenvalue weighted by atomic mass is 10.2. The van der Waals surface area contributed by atoms with Crippen LogP contribution in [0, 0.1) is 11.3 Å². The van der Waals surface area contributed by atoms with E-state index in [1.165, 1.54) is 6.08 Å². The van der Waals surface area contributed by atoms with E-state index in [0.29, 0.717) is 11.3 Å². The summed E-state index contributed by atoms with van der Waals surface area (Å²) in [5.74, 6) is 0. The third kappa shape index (κ3) is 3.50. The van der Waals surface area contributed by atoms with Crippen LogP contribution in [-0.4, -0.2) is 0 Å². The Morgan fingerprint density at radius 3 is 2.70 bits per heavy atom. The van der Waals surface area contributed by atoms with Crippen molar-refractivity contribution in [3.63, 3.8) is 0 Å². The predicted octanol–water partition coefficient (Wildman–Crippen LogP) is 1.48. The fourth-order valence-electron chi connectivity index (χ4n) is 0.474. The molecule has 52 valence electrons. The van der Waals surface area contributed by atoms with E-state index < -0.39 is 0 Å². The molecule has 0 heterocycles. The lowest BCUT2D eigenvalue weighted by Crippen LogP contribution is -1.92. The minimum absolute atomic E-state index is 0.371. The molecule has 0 aromatic rings. The highest BCUT2D eigenvalue weighted by Crippen LogP contribution is 1.94. The first-order valence-corrected chi connectivity index (χ1v) is 2.89. The van der Waals surface area contributed by atoms with Gasteiger partial charge in [-0.25, -0.2) is 0 Å². The van der Waals surface area contributed by atoms with Gasteiger partial charge in [0.1, 0.15) is 0 Å². The van der Waals surface area contributed by atoms with Crippen LogP contribution < -0.4 is 5.73 Å². The number of nitrogens with two attached hydrogens (primary N) is 1. The smallest absolute Gasteiger partial charge is 0.0986 e. The summed E-state index contributed by atoms with van der Waals surface area (Å²) in [6, 6.07) is 1.87. The predicted molar refractivity (Wildman–Crippen MR) is 41.8 cm³/mol. The van der Waals surface area contributed by atoms with E-state index in [9.17, 15) is 0 Å².